The second-order valence-electron chi connectivity index (χ2n) is 16.1. The van der Waals surface area contributed by atoms with Gasteiger partial charge in [0.1, 0.15) is 23.0 Å². The summed E-state index contributed by atoms with van der Waals surface area (Å²) < 4.78 is 18.1. The molecule has 0 atom stereocenters. The maximum atomic E-state index is 13.7. The van der Waals surface area contributed by atoms with Crippen molar-refractivity contribution in [1.29, 1.82) is 0 Å². The Hall–Kier alpha value is -9.53. The summed E-state index contributed by atoms with van der Waals surface area (Å²) in [6.07, 6.45) is 7.74. The van der Waals surface area contributed by atoms with Crippen LogP contribution < -0.4 is 31.5 Å². The monoisotopic (exact) mass is 958 g/mol. The zero-order valence-corrected chi connectivity index (χ0v) is 39.1. The number of fused-ring (bicyclic) bond motifs is 2. The molecular weight excluding hydrogens is 916 g/mol. The van der Waals surface area contributed by atoms with Crippen molar-refractivity contribution >= 4 is 56.9 Å². The fourth-order valence-corrected chi connectivity index (χ4v) is 7.91. The first-order valence-corrected chi connectivity index (χ1v) is 22.5. The van der Waals surface area contributed by atoms with Crippen LogP contribution in [0.2, 0.25) is 5.02 Å². The third kappa shape index (κ3) is 10.0. The van der Waals surface area contributed by atoms with Crippen LogP contribution in [0.1, 0.15) is 12.5 Å². The van der Waals surface area contributed by atoms with E-state index in [4.69, 9.17) is 21.1 Å². The van der Waals surface area contributed by atoms with E-state index in [1.54, 1.807) is 123 Å². The minimum atomic E-state index is -0.339. The number of nitrogens with one attached hydrogen (secondary N) is 2. The highest BCUT2D eigenvalue weighted by atomic mass is 35.5. The molecule has 14 nitrogen and oxygen atoms in total. The number of imidazole rings is 2. The maximum Gasteiger partial charge on any atom is 0.338 e. The number of nitrogens with zero attached hydrogens (tertiary/aromatic N) is 6. The molecule has 0 spiro atoms. The highest BCUT2D eigenvalue weighted by molar-refractivity contribution is 6.32. The molecule has 6 aromatic carbocycles. The summed E-state index contributed by atoms with van der Waals surface area (Å²) in [4.78, 5) is 59.7. The SMILES string of the molecule is C=C(C)C(=O)Nc1cccc(-n2c(=O)n(-c3ccc(Oc4ccccc4)cc3)c3cnccc32)c1.C=CC(=O)Nc1cccc(-n2c(=O)n(-c3ccc(Oc4ccc(C)cc4)c(Cl)c3)c3cnccc32)c1. The summed E-state index contributed by atoms with van der Waals surface area (Å²) in [5.74, 6) is 1.92. The number of rotatable bonds is 12. The lowest BCUT2D eigenvalue weighted by atomic mass is 10.2. The Bertz CT molecular complexity index is 3760. The van der Waals surface area contributed by atoms with E-state index in [1.807, 2.05) is 91.9 Å². The average molecular weight is 959 g/mol. The van der Waals surface area contributed by atoms with Crippen molar-refractivity contribution in [3.63, 3.8) is 0 Å². The smallest absolute Gasteiger partial charge is 0.338 e. The van der Waals surface area contributed by atoms with E-state index in [0.717, 1.165) is 11.3 Å². The van der Waals surface area contributed by atoms with Crippen LogP contribution in [0.15, 0.2) is 217 Å². The van der Waals surface area contributed by atoms with Gasteiger partial charge in [-0.3, -0.25) is 37.8 Å². The molecule has 0 fully saturated rings. The fraction of sp³-hybridized carbons (Fsp3) is 0.0357. The summed E-state index contributed by atoms with van der Waals surface area (Å²) in [6.45, 7) is 10.8. The molecule has 0 aliphatic carbocycles. The van der Waals surface area contributed by atoms with E-state index in [9.17, 15) is 19.2 Å². The number of halogens is 1. The van der Waals surface area contributed by atoms with Crippen LogP contribution in [0, 0.1) is 6.92 Å². The number of amides is 2. The van der Waals surface area contributed by atoms with Crippen molar-refractivity contribution < 1.29 is 19.1 Å². The molecule has 10 rings (SSSR count). The largest absolute Gasteiger partial charge is 0.457 e. The number of para-hydroxylation sites is 1. The molecule has 10 aromatic rings. The molecule has 4 aromatic heterocycles. The van der Waals surface area contributed by atoms with Crippen LogP contribution in [-0.4, -0.2) is 40.1 Å². The minimum absolute atomic E-state index is 0.256. The highest BCUT2D eigenvalue weighted by Gasteiger charge is 2.19. The first-order valence-electron chi connectivity index (χ1n) is 22.1. The summed E-state index contributed by atoms with van der Waals surface area (Å²) in [6, 6.07) is 47.3. The van der Waals surface area contributed by atoms with Crippen molar-refractivity contribution in [3.8, 4) is 45.7 Å². The van der Waals surface area contributed by atoms with E-state index in [0.29, 0.717) is 84.0 Å². The summed E-state index contributed by atoms with van der Waals surface area (Å²) in [5, 5.41) is 5.88. The number of ether oxygens (including phenoxy) is 2. The van der Waals surface area contributed by atoms with E-state index < -0.39 is 0 Å². The zero-order chi connectivity index (χ0) is 49.6. The Kier molecular flexibility index (Phi) is 13.4. The van der Waals surface area contributed by atoms with Gasteiger partial charge in [0.25, 0.3) is 5.91 Å². The minimum Gasteiger partial charge on any atom is -0.457 e. The van der Waals surface area contributed by atoms with Gasteiger partial charge in [0, 0.05) is 29.3 Å². The number of carbonyl (C=O) groups is 2. The lowest BCUT2D eigenvalue weighted by Crippen LogP contribution is -2.22. The Balaban J connectivity index is 0.000000176. The molecule has 71 heavy (non-hydrogen) atoms. The molecular formula is C56H43ClN8O6. The lowest BCUT2D eigenvalue weighted by Gasteiger charge is -2.10. The van der Waals surface area contributed by atoms with E-state index in [-0.39, 0.29) is 23.2 Å². The number of pyridine rings is 2. The van der Waals surface area contributed by atoms with Crippen LogP contribution in [-0.2, 0) is 9.59 Å². The molecule has 0 aliphatic rings. The number of hydrogen-bond donors (Lipinski definition) is 2. The molecule has 2 amide bonds. The molecule has 0 saturated carbocycles. The quantitative estimate of drug-likeness (QED) is 0.115. The normalized spacial score (nSPS) is 10.8. The van der Waals surface area contributed by atoms with Crippen molar-refractivity contribution in [1.82, 2.24) is 28.2 Å². The first kappa shape index (κ1) is 46.6. The third-order valence-corrected chi connectivity index (χ3v) is 11.4. The number of aromatic nitrogens is 6. The fourth-order valence-electron chi connectivity index (χ4n) is 7.70. The van der Waals surface area contributed by atoms with Crippen LogP contribution in [0.5, 0.6) is 23.0 Å². The summed E-state index contributed by atoms with van der Waals surface area (Å²) in [7, 11) is 0. The van der Waals surface area contributed by atoms with Gasteiger partial charge < -0.3 is 20.1 Å². The zero-order valence-electron chi connectivity index (χ0n) is 38.3. The number of hydrogen-bond acceptors (Lipinski definition) is 8. The van der Waals surface area contributed by atoms with E-state index in [1.165, 1.54) is 6.08 Å². The lowest BCUT2D eigenvalue weighted by molar-refractivity contribution is -0.113. The predicted molar refractivity (Wildman–Crippen MR) is 278 cm³/mol. The predicted octanol–water partition coefficient (Wildman–Crippen LogP) is 11.5. The van der Waals surface area contributed by atoms with Crippen LogP contribution in [0.3, 0.4) is 0 Å². The van der Waals surface area contributed by atoms with Crippen molar-refractivity contribution in [2.45, 2.75) is 13.8 Å². The molecule has 15 heteroatoms. The molecule has 4 heterocycles. The van der Waals surface area contributed by atoms with Gasteiger partial charge >= 0.3 is 11.4 Å². The molecule has 0 radical (unpaired) electrons. The number of carbonyl (C=O) groups excluding carboxylic acids is 2. The van der Waals surface area contributed by atoms with Gasteiger partial charge in [-0.05, 0) is 135 Å². The molecule has 0 bridgehead atoms. The standard InChI is InChI=1S/C28H21ClN4O3.C28H22N4O3/c1-3-27(34)31-19-5-4-6-20(15-19)32-24-13-14-30-17-25(24)33(28(32)35)21-9-12-26(23(29)16-21)36-22-10-7-18(2)8-11-22;1-19(2)27(33)30-20-7-6-8-22(17-20)32-25-15-16-29-18-26(25)31(28(32)34)21-11-13-24(14-12-21)35-23-9-4-3-5-10-23/h3-17H,1H2,2H3,(H,31,34);3-18H,1H2,2H3,(H,30,33). The Morgan fingerprint density at radius 3 is 1.62 bits per heavy atom. The summed E-state index contributed by atoms with van der Waals surface area (Å²) in [5.41, 5.74) is 7.12. The van der Waals surface area contributed by atoms with E-state index in [2.05, 4.69) is 33.8 Å². The van der Waals surface area contributed by atoms with Crippen LogP contribution in [0.25, 0.3) is 44.8 Å². The number of benzene rings is 6. The first-order chi connectivity index (χ1) is 34.4. The van der Waals surface area contributed by atoms with Gasteiger partial charge in [0.2, 0.25) is 5.91 Å². The van der Waals surface area contributed by atoms with Gasteiger partial charge in [-0.1, -0.05) is 72.8 Å². The average Bonchev–Trinajstić information content (AvgIpc) is 3.85. The highest BCUT2D eigenvalue weighted by Crippen LogP contribution is 2.33. The number of anilines is 2. The van der Waals surface area contributed by atoms with Gasteiger partial charge in [0.15, 0.2) is 0 Å². The van der Waals surface area contributed by atoms with Gasteiger partial charge in [0.05, 0.1) is 62.2 Å². The van der Waals surface area contributed by atoms with Gasteiger partial charge in [-0.2, -0.15) is 0 Å². The molecule has 350 valence electrons. The molecule has 2 N–H and O–H groups in total. The second kappa shape index (κ2) is 20.4. The van der Waals surface area contributed by atoms with E-state index >= 15 is 0 Å². The second-order valence-corrected chi connectivity index (χ2v) is 16.5. The Labute approximate surface area is 411 Å². The number of aryl methyl sites for hydroxylation is 1. The molecule has 0 saturated heterocycles. The van der Waals surface area contributed by atoms with Crippen LogP contribution >= 0.6 is 11.6 Å². The van der Waals surface area contributed by atoms with Crippen molar-refractivity contribution in [3.05, 3.63) is 239 Å². The Morgan fingerprint density at radius 1 is 0.563 bits per heavy atom. The van der Waals surface area contributed by atoms with Crippen LogP contribution in [0.4, 0.5) is 11.4 Å². The topological polar surface area (TPSA) is 156 Å². The van der Waals surface area contributed by atoms with Gasteiger partial charge in [-0.25, -0.2) is 9.59 Å². The summed E-state index contributed by atoms with van der Waals surface area (Å²) >= 11 is 6.56. The van der Waals surface area contributed by atoms with Crippen molar-refractivity contribution in [2.24, 2.45) is 0 Å². The maximum absolute atomic E-state index is 13.7. The van der Waals surface area contributed by atoms with Crippen molar-refractivity contribution in [2.75, 3.05) is 10.6 Å². The van der Waals surface area contributed by atoms with Gasteiger partial charge in [-0.15, -0.1) is 0 Å². The Morgan fingerprint density at radius 2 is 1.06 bits per heavy atom. The molecule has 0 unspecified atom stereocenters. The molecule has 0 aliphatic heterocycles. The third-order valence-electron chi connectivity index (χ3n) is 11.1.